The van der Waals surface area contributed by atoms with Crippen molar-refractivity contribution in [3.8, 4) is 5.75 Å². The highest BCUT2D eigenvalue weighted by Crippen LogP contribution is 2.30. The van der Waals surface area contributed by atoms with Crippen LogP contribution in [-0.2, 0) is 4.74 Å². The molecule has 1 heterocycles. The van der Waals surface area contributed by atoms with E-state index >= 15 is 0 Å². The van der Waals surface area contributed by atoms with Crippen LogP contribution in [-0.4, -0.2) is 27.4 Å². The second-order valence-corrected chi connectivity index (χ2v) is 5.02. The maximum Gasteiger partial charge on any atom is 0.131 e. The average Bonchev–Trinajstić information content (AvgIpc) is 2.46. The number of hydrogen-bond acceptors (Lipinski definition) is 3. The summed E-state index contributed by atoms with van der Waals surface area (Å²) in [6, 6.07) is 5.12. The third kappa shape index (κ3) is 3.67. The Labute approximate surface area is 114 Å². The lowest BCUT2D eigenvalue weighted by molar-refractivity contribution is 0.0607. The van der Waals surface area contributed by atoms with Crippen molar-refractivity contribution in [1.29, 1.82) is 0 Å². The highest BCUT2D eigenvalue weighted by molar-refractivity contribution is 5.30. The van der Waals surface area contributed by atoms with Gasteiger partial charge in [0.25, 0.3) is 0 Å². The van der Waals surface area contributed by atoms with E-state index in [-0.39, 0.29) is 11.9 Å². The minimum Gasteiger partial charge on any atom is -0.497 e. The van der Waals surface area contributed by atoms with Crippen LogP contribution in [0.4, 0.5) is 4.39 Å². The van der Waals surface area contributed by atoms with Crippen LogP contribution in [0, 0.1) is 11.7 Å². The van der Waals surface area contributed by atoms with Crippen molar-refractivity contribution in [3.63, 3.8) is 0 Å². The van der Waals surface area contributed by atoms with Gasteiger partial charge >= 0.3 is 0 Å². The molecule has 19 heavy (non-hydrogen) atoms. The van der Waals surface area contributed by atoms with Gasteiger partial charge in [-0.2, -0.15) is 0 Å². The van der Waals surface area contributed by atoms with Crippen molar-refractivity contribution < 1.29 is 13.9 Å². The van der Waals surface area contributed by atoms with Gasteiger partial charge in [0.05, 0.1) is 7.11 Å². The van der Waals surface area contributed by atoms with Gasteiger partial charge in [-0.3, -0.25) is 0 Å². The molecule has 0 spiro atoms. The van der Waals surface area contributed by atoms with Crippen LogP contribution in [0.25, 0.3) is 0 Å². The number of rotatable bonds is 5. The molecule has 4 heteroatoms. The molecule has 1 N–H and O–H groups in total. The summed E-state index contributed by atoms with van der Waals surface area (Å²) in [5, 5.41) is 3.22. The van der Waals surface area contributed by atoms with Crippen LogP contribution in [0.15, 0.2) is 18.2 Å². The Morgan fingerprint density at radius 1 is 1.42 bits per heavy atom. The van der Waals surface area contributed by atoms with E-state index in [0.717, 1.165) is 38.0 Å². The fourth-order valence-electron chi connectivity index (χ4n) is 2.63. The van der Waals surface area contributed by atoms with Gasteiger partial charge in [0, 0.05) is 30.9 Å². The molecule has 3 nitrogen and oxygen atoms in total. The molecule has 0 aromatic heterocycles. The Kier molecular flexibility index (Phi) is 5.16. The van der Waals surface area contributed by atoms with Crippen LogP contribution >= 0.6 is 0 Å². The molecular weight excluding hydrogens is 245 g/mol. The van der Waals surface area contributed by atoms with Crippen LogP contribution < -0.4 is 10.1 Å². The van der Waals surface area contributed by atoms with E-state index in [0.29, 0.717) is 11.7 Å². The van der Waals surface area contributed by atoms with E-state index in [1.165, 1.54) is 6.07 Å². The summed E-state index contributed by atoms with van der Waals surface area (Å²) < 4.78 is 24.5. The third-order valence-corrected chi connectivity index (χ3v) is 3.84. The highest BCUT2D eigenvalue weighted by atomic mass is 19.1. The zero-order valence-electron chi connectivity index (χ0n) is 11.6. The maximum absolute atomic E-state index is 14.1. The van der Waals surface area contributed by atoms with E-state index in [1.807, 2.05) is 19.2 Å². The fourth-order valence-corrected chi connectivity index (χ4v) is 2.63. The van der Waals surface area contributed by atoms with Gasteiger partial charge in [0.1, 0.15) is 11.6 Å². The summed E-state index contributed by atoms with van der Waals surface area (Å²) in [5.41, 5.74) is 0.717. The molecule has 1 fully saturated rings. The molecule has 0 bridgehead atoms. The average molecular weight is 267 g/mol. The van der Waals surface area contributed by atoms with Crippen molar-refractivity contribution in [2.75, 3.05) is 27.4 Å². The van der Waals surface area contributed by atoms with Gasteiger partial charge in [-0.05, 0) is 38.3 Å². The van der Waals surface area contributed by atoms with Crippen molar-refractivity contribution in [2.24, 2.45) is 5.92 Å². The number of methoxy groups -OCH3 is 1. The Hall–Kier alpha value is -1.13. The summed E-state index contributed by atoms with van der Waals surface area (Å²) >= 11 is 0. The molecular formula is C15H22FNO2. The molecule has 1 aromatic rings. The van der Waals surface area contributed by atoms with E-state index < -0.39 is 0 Å². The number of benzene rings is 1. The van der Waals surface area contributed by atoms with Crippen molar-refractivity contribution in [1.82, 2.24) is 5.32 Å². The normalized spacial score (nSPS) is 18.3. The third-order valence-electron chi connectivity index (χ3n) is 3.84. The number of nitrogens with one attached hydrogen (secondary N) is 1. The lowest BCUT2D eigenvalue weighted by atomic mass is 9.89. The van der Waals surface area contributed by atoms with Gasteiger partial charge in [-0.15, -0.1) is 0 Å². The quantitative estimate of drug-likeness (QED) is 0.889. The molecule has 1 aliphatic heterocycles. The van der Waals surface area contributed by atoms with Crippen LogP contribution in [0.5, 0.6) is 5.75 Å². The summed E-state index contributed by atoms with van der Waals surface area (Å²) in [6.45, 7) is 1.65. The van der Waals surface area contributed by atoms with Gasteiger partial charge in [0.2, 0.25) is 0 Å². The number of ether oxygens (including phenoxy) is 2. The largest absolute Gasteiger partial charge is 0.497 e. The molecule has 0 aliphatic carbocycles. The van der Waals surface area contributed by atoms with Crippen molar-refractivity contribution in [2.45, 2.75) is 25.3 Å². The molecule has 1 aromatic carbocycles. The first-order valence-electron chi connectivity index (χ1n) is 6.83. The second-order valence-electron chi connectivity index (χ2n) is 5.02. The lowest BCUT2D eigenvalue weighted by Gasteiger charge is -2.27. The summed E-state index contributed by atoms with van der Waals surface area (Å²) in [7, 11) is 3.43. The minimum absolute atomic E-state index is 0.0500. The van der Waals surface area contributed by atoms with E-state index in [4.69, 9.17) is 9.47 Å². The molecule has 2 rings (SSSR count). The Morgan fingerprint density at radius 2 is 2.16 bits per heavy atom. The first kappa shape index (κ1) is 14.3. The van der Waals surface area contributed by atoms with Gasteiger partial charge in [-0.25, -0.2) is 4.39 Å². The highest BCUT2D eigenvalue weighted by Gasteiger charge is 2.21. The molecule has 1 unspecified atom stereocenters. The maximum atomic E-state index is 14.1. The van der Waals surface area contributed by atoms with Crippen molar-refractivity contribution >= 4 is 0 Å². The van der Waals surface area contributed by atoms with E-state index in [1.54, 1.807) is 7.11 Å². The first-order chi connectivity index (χ1) is 9.24. The smallest absolute Gasteiger partial charge is 0.131 e. The molecule has 0 amide bonds. The lowest BCUT2D eigenvalue weighted by Crippen LogP contribution is -2.24. The SMILES string of the molecule is CNC(CC1CCOCC1)c1ccc(OC)cc1F. The van der Waals surface area contributed by atoms with Gasteiger partial charge in [0.15, 0.2) is 0 Å². The predicted octanol–water partition coefficient (Wildman–Crippen LogP) is 2.91. The molecule has 0 saturated carbocycles. The molecule has 106 valence electrons. The number of hydrogen-bond donors (Lipinski definition) is 1. The molecule has 0 radical (unpaired) electrons. The second kappa shape index (κ2) is 6.87. The number of halogens is 1. The first-order valence-corrected chi connectivity index (χ1v) is 6.83. The molecule has 1 aliphatic rings. The minimum atomic E-state index is -0.203. The van der Waals surface area contributed by atoms with E-state index in [2.05, 4.69) is 5.32 Å². The predicted molar refractivity (Wildman–Crippen MR) is 72.9 cm³/mol. The Balaban J connectivity index is 2.07. The summed E-state index contributed by atoms with van der Waals surface area (Å²) in [6.07, 6.45) is 3.08. The Bertz CT molecular complexity index is 405. The van der Waals surface area contributed by atoms with Crippen LogP contribution in [0.2, 0.25) is 0 Å². The van der Waals surface area contributed by atoms with Crippen LogP contribution in [0.3, 0.4) is 0 Å². The van der Waals surface area contributed by atoms with E-state index in [9.17, 15) is 4.39 Å². The molecule has 1 atom stereocenters. The standard InChI is InChI=1S/C15H22FNO2/c1-17-15(9-11-5-7-19-8-6-11)13-4-3-12(18-2)10-14(13)16/h3-4,10-11,15,17H,5-9H2,1-2H3. The van der Waals surface area contributed by atoms with Gasteiger partial charge < -0.3 is 14.8 Å². The fraction of sp³-hybridized carbons (Fsp3) is 0.600. The zero-order chi connectivity index (χ0) is 13.7. The molecule has 1 saturated heterocycles. The van der Waals surface area contributed by atoms with Crippen LogP contribution in [0.1, 0.15) is 30.9 Å². The topological polar surface area (TPSA) is 30.5 Å². The monoisotopic (exact) mass is 267 g/mol. The summed E-state index contributed by atoms with van der Waals surface area (Å²) in [4.78, 5) is 0. The zero-order valence-corrected chi connectivity index (χ0v) is 11.6. The van der Waals surface area contributed by atoms with Gasteiger partial charge in [-0.1, -0.05) is 6.07 Å². The van der Waals surface area contributed by atoms with Crippen molar-refractivity contribution in [3.05, 3.63) is 29.6 Å². The summed E-state index contributed by atoms with van der Waals surface area (Å²) in [5.74, 6) is 0.959. The Morgan fingerprint density at radius 3 is 2.74 bits per heavy atom.